The first-order valence-corrected chi connectivity index (χ1v) is 9.61. The molecule has 8 nitrogen and oxygen atoms in total. The first kappa shape index (κ1) is 21.7. The number of ether oxygens (including phenoxy) is 2. The number of aryl methyl sites for hydroxylation is 1. The molecule has 0 aromatic carbocycles. The molecule has 0 aliphatic carbocycles. The second-order valence-electron chi connectivity index (χ2n) is 6.77. The molecule has 2 aromatic rings. The Bertz CT molecular complexity index is 770. The van der Waals surface area contributed by atoms with Crippen LogP contribution in [0.1, 0.15) is 49.4 Å². The van der Waals surface area contributed by atoms with Crippen LogP contribution in [0.4, 0.5) is 11.8 Å². The summed E-state index contributed by atoms with van der Waals surface area (Å²) < 4.78 is 11.4. The lowest BCUT2D eigenvalue weighted by atomic mass is 10.1. The van der Waals surface area contributed by atoms with E-state index in [1.54, 1.807) is 19.5 Å². The van der Waals surface area contributed by atoms with E-state index in [9.17, 15) is 5.11 Å². The molecule has 0 amide bonds. The van der Waals surface area contributed by atoms with Crippen molar-refractivity contribution < 1.29 is 14.6 Å². The molecular weight excluding hydrogens is 358 g/mol. The minimum absolute atomic E-state index is 0.0842. The number of nitrogens with two attached hydrogens (primary N) is 1. The van der Waals surface area contributed by atoms with E-state index in [-0.39, 0.29) is 25.2 Å². The van der Waals surface area contributed by atoms with E-state index < -0.39 is 0 Å². The van der Waals surface area contributed by atoms with Gasteiger partial charge in [0.1, 0.15) is 12.4 Å². The Labute approximate surface area is 166 Å². The van der Waals surface area contributed by atoms with Gasteiger partial charge < -0.3 is 25.6 Å². The molecule has 0 aliphatic rings. The molecule has 28 heavy (non-hydrogen) atoms. The zero-order chi connectivity index (χ0) is 20.5. The van der Waals surface area contributed by atoms with E-state index in [0.717, 1.165) is 41.8 Å². The van der Waals surface area contributed by atoms with Crippen molar-refractivity contribution in [2.24, 2.45) is 0 Å². The zero-order valence-electron chi connectivity index (χ0n) is 17.2. The maximum atomic E-state index is 9.34. The van der Waals surface area contributed by atoms with Crippen molar-refractivity contribution in [3.8, 4) is 11.5 Å². The first-order valence-electron chi connectivity index (χ1n) is 9.61. The SMILES string of the molecule is CCCCC(CCO)Nc1nc(N)ncc1OCc1ncc(C)c(OC)c1C. The molecule has 154 valence electrons. The van der Waals surface area contributed by atoms with Crippen LogP contribution >= 0.6 is 0 Å². The summed E-state index contributed by atoms with van der Waals surface area (Å²) in [5.41, 5.74) is 8.46. The number of aliphatic hydroxyl groups is 1. The molecule has 2 rings (SSSR count). The monoisotopic (exact) mass is 389 g/mol. The molecule has 0 radical (unpaired) electrons. The second-order valence-corrected chi connectivity index (χ2v) is 6.77. The van der Waals surface area contributed by atoms with Gasteiger partial charge in [0.25, 0.3) is 0 Å². The van der Waals surface area contributed by atoms with Crippen LogP contribution in [0.5, 0.6) is 11.5 Å². The van der Waals surface area contributed by atoms with Crippen molar-refractivity contribution in [3.63, 3.8) is 0 Å². The molecule has 0 saturated carbocycles. The van der Waals surface area contributed by atoms with E-state index in [2.05, 4.69) is 27.2 Å². The predicted octanol–water partition coefficient (Wildman–Crippen LogP) is 3.01. The largest absolute Gasteiger partial charge is 0.496 e. The fourth-order valence-electron chi connectivity index (χ4n) is 3.04. The van der Waals surface area contributed by atoms with Gasteiger partial charge in [-0.05, 0) is 26.7 Å². The third-order valence-electron chi connectivity index (χ3n) is 4.61. The number of pyridine rings is 1. The van der Waals surface area contributed by atoms with Gasteiger partial charge in [0.15, 0.2) is 11.6 Å². The number of nitrogens with one attached hydrogen (secondary N) is 1. The average Bonchev–Trinajstić information content (AvgIpc) is 2.67. The topological polar surface area (TPSA) is 115 Å². The van der Waals surface area contributed by atoms with E-state index in [0.29, 0.717) is 18.0 Å². The van der Waals surface area contributed by atoms with E-state index in [1.807, 2.05) is 13.8 Å². The van der Waals surface area contributed by atoms with Gasteiger partial charge in [0.05, 0.1) is 19.0 Å². The van der Waals surface area contributed by atoms with Crippen LogP contribution in [-0.2, 0) is 6.61 Å². The maximum Gasteiger partial charge on any atom is 0.222 e. The molecule has 1 atom stereocenters. The predicted molar refractivity (Wildman–Crippen MR) is 110 cm³/mol. The van der Waals surface area contributed by atoms with Gasteiger partial charge in [-0.15, -0.1) is 0 Å². The van der Waals surface area contributed by atoms with Crippen molar-refractivity contribution in [1.29, 1.82) is 0 Å². The van der Waals surface area contributed by atoms with E-state index in [4.69, 9.17) is 15.2 Å². The highest BCUT2D eigenvalue weighted by Crippen LogP contribution is 2.28. The quantitative estimate of drug-likeness (QED) is 0.537. The first-order chi connectivity index (χ1) is 13.5. The lowest BCUT2D eigenvalue weighted by molar-refractivity contribution is 0.275. The van der Waals surface area contributed by atoms with Crippen LogP contribution in [0, 0.1) is 13.8 Å². The summed E-state index contributed by atoms with van der Waals surface area (Å²) in [5.74, 6) is 2.00. The smallest absolute Gasteiger partial charge is 0.222 e. The van der Waals surface area contributed by atoms with Crippen LogP contribution in [0.3, 0.4) is 0 Å². The second kappa shape index (κ2) is 10.7. The van der Waals surface area contributed by atoms with Crippen LogP contribution in [0.2, 0.25) is 0 Å². The number of aliphatic hydroxyl groups excluding tert-OH is 1. The number of methoxy groups -OCH3 is 1. The van der Waals surface area contributed by atoms with Crippen molar-refractivity contribution in [1.82, 2.24) is 15.0 Å². The van der Waals surface area contributed by atoms with Gasteiger partial charge in [-0.2, -0.15) is 4.98 Å². The summed E-state index contributed by atoms with van der Waals surface area (Å²) in [4.78, 5) is 12.8. The number of hydrogen-bond donors (Lipinski definition) is 3. The molecule has 0 fully saturated rings. The summed E-state index contributed by atoms with van der Waals surface area (Å²) in [6, 6.07) is 0.0842. The van der Waals surface area contributed by atoms with Crippen LogP contribution in [0.15, 0.2) is 12.4 Å². The van der Waals surface area contributed by atoms with Crippen molar-refractivity contribution in [2.75, 3.05) is 24.8 Å². The Balaban J connectivity index is 2.18. The Morgan fingerprint density at radius 2 is 2.00 bits per heavy atom. The molecule has 1 unspecified atom stereocenters. The van der Waals surface area contributed by atoms with Gasteiger partial charge in [0.2, 0.25) is 5.95 Å². The highest BCUT2D eigenvalue weighted by Gasteiger charge is 2.15. The fraction of sp³-hybridized carbons (Fsp3) is 0.550. The summed E-state index contributed by atoms with van der Waals surface area (Å²) in [6.07, 6.45) is 7.02. The number of rotatable bonds is 11. The Morgan fingerprint density at radius 1 is 1.21 bits per heavy atom. The number of nitrogens with zero attached hydrogens (tertiary/aromatic N) is 3. The number of aromatic nitrogens is 3. The van der Waals surface area contributed by atoms with Crippen molar-refractivity contribution >= 4 is 11.8 Å². The van der Waals surface area contributed by atoms with Crippen LogP contribution in [0.25, 0.3) is 0 Å². The zero-order valence-corrected chi connectivity index (χ0v) is 17.2. The Hall–Kier alpha value is -2.61. The van der Waals surface area contributed by atoms with Gasteiger partial charge in [0, 0.05) is 30.0 Å². The summed E-state index contributed by atoms with van der Waals surface area (Å²) in [6.45, 7) is 6.40. The maximum absolute atomic E-state index is 9.34. The molecule has 0 spiro atoms. The Morgan fingerprint density at radius 3 is 2.68 bits per heavy atom. The standard InChI is InChI=1S/C20H31N5O3/c1-5-6-7-15(8-9-26)24-19-17(11-23-20(21)25-19)28-12-16-14(3)18(27-4)13(2)10-22-16/h10-11,15,26H,5-9,12H2,1-4H3,(H3,21,23,24,25). The van der Waals surface area contributed by atoms with Crippen molar-refractivity contribution in [2.45, 2.75) is 59.1 Å². The summed E-state index contributed by atoms with van der Waals surface area (Å²) in [7, 11) is 1.65. The molecule has 2 heterocycles. The summed E-state index contributed by atoms with van der Waals surface area (Å²) >= 11 is 0. The van der Waals surface area contributed by atoms with E-state index in [1.165, 1.54) is 0 Å². The molecule has 2 aromatic heterocycles. The van der Waals surface area contributed by atoms with Gasteiger partial charge in [-0.25, -0.2) is 4.98 Å². The lowest BCUT2D eigenvalue weighted by Gasteiger charge is -2.20. The summed E-state index contributed by atoms with van der Waals surface area (Å²) in [5, 5.41) is 12.7. The van der Waals surface area contributed by atoms with Crippen molar-refractivity contribution in [3.05, 3.63) is 29.2 Å². The highest BCUT2D eigenvalue weighted by atomic mass is 16.5. The average molecular weight is 390 g/mol. The minimum Gasteiger partial charge on any atom is -0.496 e. The number of hydrogen-bond acceptors (Lipinski definition) is 8. The Kier molecular flexibility index (Phi) is 8.25. The minimum atomic E-state index is 0.0842. The normalized spacial score (nSPS) is 11.9. The molecule has 0 saturated heterocycles. The molecule has 0 aliphatic heterocycles. The number of nitrogen functional groups attached to an aromatic ring is 1. The fourth-order valence-corrected chi connectivity index (χ4v) is 3.04. The van der Waals surface area contributed by atoms with Gasteiger partial charge in [-0.3, -0.25) is 4.98 Å². The third-order valence-corrected chi connectivity index (χ3v) is 4.61. The molecule has 4 N–H and O–H groups in total. The van der Waals surface area contributed by atoms with Gasteiger partial charge in [-0.1, -0.05) is 19.8 Å². The molecule has 8 heteroatoms. The van der Waals surface area contributed by atoms with Gasteiger partial charge >= 0.3 is 0 Å². The number of unbranched alkanes of at least 4 members (excludes halogenated alkanes) is 1. The van der Waals surface area contributed by atoms with Crippen LogP contribution in [-0.4, -0.2) is 39.8 Å². The molecule has 0 bridgehead atoms. The van der Waals surface area contributed by atoms with Crippen LogP contribution < -0.4 is 20.5 Å². The third kappa shape index (κ3) is 5.69. The highest BCUT2D eigenvalue weighted by molar-refractivity contribution is 5.52. The number of anilines is 2. The van der Waals surface area contributed by atoms with E-state index >= 15 is 0 Å². The lowest BCUT2D eigenvalue weighted by Crippen LogP contribution is -2.22. The molecular formula is C20H31N5O3.